The molecule has 0 bridgehead atoms. The van der Waals surface area contributed by atoms with Crippen LogP contribution in [0.2, 0.25) is 0 Å². The van der Waals surface area contributed by atoms with Crippen molar-refractivity contribution in [3.05, 3.63) is 60.5 Å². The Morgan fingerprint density at radius 3 is 2.59 bits per heavy atom. The van der Waals surface area contributed by atoms with Crippen LogP contribution in [0.15, 0.2) is 64.0 Å². The number of guanidine groups is 1. The van der Waals surface area contributed by atoms with Gasteiger partial charge in [0.2, 0.25) is 17.7 Å². The summed E-state index contributed by atoms with van der Waals surface area (Å²) in [6.07, 6.45) is 2.90. The summed E-state index contributed by atoms with van der Waals surface area (Å²) < 4.78 is 11.5. The summed E-state index contributed by atoms with van der Waals surface area (Å²) in [4.78, 5) is 7.80. The maximum atomic E-state index is 9.34. The van der Waals surface area contributed by atoms with E-state index in [9.17, 15) is 5.26 Å². The molecule has 2 N–H and O–H groups in total. The summed E-state index contributed by atoms with van der Waals surface area (Å²) in [6.45, 7) is 2.00. The number of rotatable bonds is 12. The molecule has 3 aromatic rings. The molecule has 0 saturated heterocycles. The third-order valence-electron chi connectivity index (χ3n) is 4.67. The van der Waals surface area contributed by atoms with Crippen LogP contribution in [0.4, 0.5) is 5.69 Å². The molecule has 0 atom stereocenters. The molecular formula is C24H29N7O2S. The second-order valence-electron chi connectivity index (χ2n) is 7.64. The number of aromatic nitrogens is 2. The Morgan fingerprint density at radius 1 is 1.12 bits per heavy atom. The highest BCUT2D eigenvalue weighted by atomic mass is 32.2. The Kier molecular flexibility index (Phi) is 9.76. The van der Waals surface area contributed by atoms with Crippen molar-refractivity contribution in [3.8, 4) is 23.4 Å². The molecule has 3 rings (SSSR count). The SMILES string of the molecule is CN(C)CCCN(C#N)C(N)=Nc1ccc(-c2nnc(CSCCOc3ccccc3)o2)cc1. The molecule has 178 valence electrons. The van der Waals surface area contributed by atoms with E-state index in [4.69, 9.17) is 14.9 Å². The fourth-order valence-electron chi connectivity index (χ4n) is 2.96. The zero-order valence-electron chi connectivity index (χ0n) is 19.4. The number of nitrogens with zero attached hydrogens (tertiary/aromatic N) is 6. The van der Waals surface area contributed by atoms with Crippen LogP contribution in [-0.4, -0.2) is 65.5 Å². The molecule has 34 heavy (non-hydrogen) atoms. The number of ether oxygens (including phenoxy) is 1. The first-order chi connectivity index (χ1) is 16.5. The molecular weight excluding hydrogens is 450 g/mol. The van der Waals surface area contributed by atoms with Gasteiger partial charge in [0, 0.05) is 17.9 Å². The Balaban J connectivity index is 1.48. The lowest BCUT2D eigenvalue weighted by atomic mass is 10.2. The number of thioether (sulfide) groups is 1. The van der Waals surface area contributed by atoms with Crippen molar-refractivity contribution in [1.82, 2.24) is 20.0 Å². The van der Waals surface area contributed by atoms with Crippen molar-refractivity contribution in [2.45, 2.75) is 12.2 Å². The van der Waals surface area contributed by atoms with Gasteiger partial charge in [-0.25, -0.2) is 9.89 Å². The molecule has 0 aliphatic heterocycles. The van der Waals surface area contributed by atoms with Crippen molar-refractivity contribution in [2.75, 3.05) is 39.5 Å². The summed E-state index contributed by atoms with van der Waals surface area (Å²) in [6, 6.07) is 17.0. The van der Waals surface area contributed by atoms with E-state index in [0.717, 1.165) is 30.0 Å². The van der Waals surface area contributed by atoms with Crippen molar-refractivity contribution in [2.24, 2.45) is 10.7 Å². The van der Waals surface area contributed by atoms with Crippen LogP contribution in [-0.2, 0) is 5.75 Å². The van der Waals surface area contributed by atoms with Gasteiger partial charge in [0.25, 0.3) is 0 Å². The standard InChI is InChI=1S/C24H29N7O2S/c1-30(2)13-6-14-31(18-25)24(26)27-20-11-9-19(10-12-20)23-29-28-22(33-23)17-34-16-15-32-21-7-4-3-5-8-21/h3-5,7-12H,6,13-17H2,1-2H3,(H2,26,27). The van der Waals surface area contributed by atoms with Crippen LogP contribution in [0, 0.1) is 11.5 Å². The average molecular weight is 480 g/mol. The lowest BCUT2D eigenvalue weighted by molar-refractivity contribution is 0.344. The van der Waals surface area contributed by atoms with Gasteiger partial charge in [0.05, 0.1) is 18.0 Å². The molecule has 0 amide bonds. The van der Waals surface area contributed by atoms with Gasteiger partial charge >= 0.3 is 0 Å². The zero-order valence-corrected chi connectivity index (χ0v) is 20.2. The molecule has 0 radical (unpaired) electrons. The van der Waals surface area contributed by atoms with Crippen molar-refractivity contribution in [1.29, 1.82) is 5.26 Å². The topological polar surface area (TPSA) is 117 Å². The van der Waals surface area contributed by atoms with Gasteiger partial charge in [-0.15, -0.1) is 22.0 Å². The summed E-state index contributed by atoms with van der Waals surface area (Å²) in [5.41, 5.74) is 7.45. The first kappa shape index (κ1) is 25.1. The molecule has 10 heteroatoms. The number of nitriles is 1. The van der Waals surface area contributed by atoms with Gasteiger partial charge < -0.3 is 19.8 Å². The molecule has 1 aromatic heterocycles. The first-order valence-corrected chi connectivity index (χ1v) is 12.0. The Morgan fingerprint density at radius 2 is 1.88 bits per heavy atom. The molecule has 1 heterocycles. The molecule has 0 aliphatic carbocycles. The van der Waals surface area contributed by atoms with Gasteiger partial charge in [-0.2, -0.15) is 5.26 Å². The van der Waals surface area contributed by atoms with E-state index in [0.29, 0.717) is 36.4 Å². The van der Waals surface area contributed by atoms with E-state index in [1.807, 2.05) is 56.6 Å². The highest BCUT2D eigenvalue weighted by Gasteiger charge is 2.10. The van der Waals surface area contributed by atoms with E-state index in [2.05, 4.69) is 26.3 Å². The predicted octanol–water partition coefficient (Wildman–Crippen LogP) is 3.73. The minimum atomic E-state index is 0.169. The molecule has 0 fully saturated rings. The van der Waals surface area contributed by atoms with Gasteiger partial charge in [-0.1, -0.05) is 18.2 Å². The predicted molar refractivity (Wildman–Crippen MR) is 135 cm³/mol. The normalized spacial score (nSPS) is 11.4. The van der Waals surface area contributed by atoms with Crippen molar-refractivity contribution in [3.63, 3.8) is 0 Å². The Labute approximate surface area is 204 Å². The van der Waals surface area contributed by atoms with Gasteiger partial charge in [-0.05, 0) is 63.5 Å². The minimum Gasteiger partial charge on any atom is -0.493 e. The third kappa shape index (κ3) is 8.10. The van der Waals surface area contributed by atoms with Crippen LogP contribution in [0.3, 0.4) is 0 Å². The second-order valence-corrected chi connectivity index (χ2v) is 8.75. The Hall–Kier alpha value is -3.55. The third-order valence-corrected chi connectivity index (χ3v) is 5.58. The van der Waals surface area contributed by atoms with Crippen LogP contribution in [0.1, 0.15) is 12.3 Å². The number of nitrogens with two attached hydrogens (primary N) is 1. The first-order valence-electron chi connectivity index (χ1n) is 10.9. The van der Waals surface area contributed by atoms with Gasteiger partial charge in [0.1, 0.15) is 5.75 Å². The number of hydrogen-bond acceptors (Lipinski definition) is 8. The van der Waals surface area contributed by atoms with Crippen molar-refractivity contribution < 1.29 is 9.15 Å². The van der Waals surface area contributed by atoms with E-state index >= 15 is 0 Å². The smallest absolute Gasteiger partial charge is 0.247 e. The van der Waals surface area contributed by atoms with Crippen molar-refractivity contribution >= 4 is 23.4 Å². The summed E-state index contributed by atoms with van der Waals surface area (Å²) >= 11 is 1.67. The number of hydrogen-bond donors (Lipinski definition) is 1. The van der Waals surface area contributed by atoms with E-state index in [1.54, 1.807) is 23.9 Å². The second kappa shape index (κ2) is 13.2. The van der Waals surface area contributed by atoms with Gasteiger partial charge in [0.15, 0.2) is 6.19 Å². The minimum absolute atomic E-state index is 0.169. The van der Waals surface area contributed by atoms with E-state index in [-0.39, 0.29) is 5.96 Å². The summed E-state index contributed by atoms with van der Waals surface area (Å²) in [7, 11) is 3.98. The van der Waals surface area contributed by atoms with Crippen LogP contribution < -0.4 is 10.5 Å². The number of aliphatic imine (C=N–C) groups is 1. The fraction of sp³-hybridized carbons (Fsp3) is 0.333. The van der Waals surface area contributed by atoms with Crippen LogP contribution >= 0.6 is 11.8 Å². The highest BCUT2D eigenvalue weighted by Crippen LogP contribution is 2.23. The lowest BCUT2D eigenvalue weighted by Gasteiger charge is -2.16. The fourth-order valence-corrected chi connectivity index (χ4v) is 3.59. The summed E-state index contributed by atoms with van der Waals surface area (Å²) in [5, 5.41) is 17.6. The van der Waals surface area contributed by atoms with Crippen LogP contribution in [0.5, 0.6) is 5.75 Å². The van der Waals surface area contributed by atoms with Gasteiger partial charge in [-0.3, -0.25) is 0 Å². The largest absolute Gasteiger partial charge is 0.493 e. The zero-order chi connectivity index (χ0) is 24.2. The molecule has 0 saturated carbocycles. The van der Waals surface area contributed by atoms with E-state index < -0.39 is 0 Å². The highest BCUT2D eigenvalue weighted by molar-refractivity contribution is 7.98. The molecule has 0 aliphatic rings. The summed E-state index contributed by atoms with van der Waals surface area (Å²) in [5.74, 6) is 3.47. The Bertz CT molecular complexity index is 1080. The van der Waals surface area contributed by atoms with E-state index in [1.165, 1.54) is 4.90 Å². The molecule has 0 spiro atoms. The maximum absolute atomic E-state index is 9.34. The number of benzene rings is 2. The molecule has 9 nitrogen and oxygen atoms in total. The molecule has 2 aromatic carbocycles. The lowest BCUT2D eigenvalue weighted by Crippen LogP contribution is -2.35. The number of para-hydroxylation sites is 1. The monoisotopic (exact) mass is 479 g/mol. The average Bonchev–Trinajstić information content (AvgIpc) is 3.31. The quantitative estimate of drug-likeness (QED) is 0.136. The van der Waals surface area contributed by atoms with Crippen LogP contribution in [0.25, 0.3) is 11.5 Å². The maximum Gasteiger partial charge on any atom is 0.247 e. The molecule has 0 unspecified atom stereocenters.